The first kappa shape index (κ1) is 21.1. The molecule has 1 N–H and O–H groups in total. The fourth-order valence-electron chi connectivity index (χ4n) is 4.84. The van der Waals surface area contributed by atoms with Gasteiger partial charge in [-0.2, -0.15) is 0 Å². The molecular formula is C24H30ClN3O2. The Kier molecular flexibility index (Phi) is 6.30. The summed E-state index contributed by atoms with van der Waals surface area (Å²) < 4.78 is 5.80. The smallest absolute Gasteiger partial charge is 0.230 e. The van der Waals surface area contributed by atoms with E-state index in [1.54, 1.807) is 0 Å². The maximum Gasteiger partial charge on any atom is 0.230 e. The Balaban J connectivity index is 1.42. The van der Waals surface area contributed by atoms with Crippen molar-refractivity contribution >= 4 is 23.3 Å². The lowest BCUT2D eigenvalue weighted by molar-refractivity contribution is -0.126. The zero-order valence-electron chi connectivity index (χ0n) is 17.7. The first-order chi connectivity index (χ1) is 14.5. The monoisotopic (exact) mass is 427 g/mol. The Morgan fingerprint density at radius 2 is 1.93 bits per heavy atom. The fourth-order valence-corrected chi connectivity index (χ4v) is 5.03. The molecule has 0 radical (unpaired) electrons. The quantitative estimate of drug-likeness (QED) is 0.764. The molecule has 4 rings (SSSR count). The molecule has 2 unspecified atom stereocenters. The molecule has 2 aliphatic rings. The van der Waals surface area contributed by atoms with E-state index >= 15 is 0 Å². The third-order valence-corrected chi connectivity index (χ3v) is 6.51. The second-order valence-corrected chi connectivity index (χ2v) is 9.11. The summed E-state index contributed by atoms with van der Waals surface area (Å²) in [7, 11) is 0. The van der Waals surface area contributed by atoms with Gasteiger partial charge in [0.2, 0.25) is 5.91 Å². The molecule has 1 aromatic heterocycles. The highest BCUT2D eigenvalue weighted by Crippen LogP contribution is 2.42. The van der Waals surface area contributed by atoms with Gasteiger partial charge in [0.1, 0.15) is 5.82 Å². The van der Waals surface area contributed by atoms with E-state index in [0.717, 1.165) is 55.7 Å². The molecule has 0 bridgehead atoms. The summed E-state index contributed by atoms with van der Waals surface area (Å²) in [5.74, 6) is 1.04. The summed E-state index contributed by atoms with van der Waals surface area (Å²) in [6, 6.07) is 11.8. The van der Waals surface area contributed by atoms with Gasteiger partial charge in [0.05, 0.1) is 17.6 Å². The molecule has 1 saturated heterocycles. The molecule has 1 aliphatic carbocycles. The molecule has 160 valence electrons. The fraction of sp³-hybridized carbons (Fsp3) is 0.500. The van der Waals surface area contributed by atoms with Gasteiger partial charge in [-0.15, -0.1) is 0 Å². The summed E-state index contributed by atoms with van der Waals surface area (Å²) >= 11 is 6.21. The third-order valence-electron chi connectivity index (χ3n) is 6.27. The normalized spacial score (nSPS) is 23.4. The molecule has 6 heteroatoms. The largest absolute Gasteiger partial charge is 0.372 e. The lowest BCUT2D eigenvalue weighted by atomic mass is 9.78. The van der Waals surface area contributed by atoms with Crippen LogP contribution in [0.1, 0.15) is 50.7 Å². The van der Waals surface area contributed by atoms with Crippen molar-refractivity contribution in [1.82, 2.24) is 10.3 Å². The van der Waals surface area contributed by atoms with Gasteiger partial charge in [-0.3, -0.25) is 4.79 Å². The number of ether oxygens (including phenoxy) is 1. The molecule has 1 aliphatic heterocycles. The Hall–Kier alpha value is -2.11. The minimum atomic E-state index is -0.474. The first-order valence-electron chi connectivity index (χ1n) is 10.9. The number of nitrogens with one attached hydrogen (secondary N) is 1. The summed E-state index contributed by atoms with van der Waals surface area (Å²) in [6.45, 7) is 6.34. The summed E-state index contributed by atoms with van der Waals surface area (Å²) in [5, 5.41) is 3.84. The van der Waals surface area contributed by atoms with E-state index in [1.807, 2.05) is 42.6 Å². The van der Waals surface area contributed by atoms with Crippen molar-refractivity contribution in [2.45, 2.75) is 63.7 Å². The number of benzene rings is 1. The first-order valence-corrected chi connectivity index (χ1v) is 11.2. The zero-order valence-corrected chi connectivity index (χ0v) is 18.5. The minimum absolute atomic E-state index is 0.0853. The van der Waals surface area contributed by atoms with Crippen LogP contribution in [0.2, 0.25) is 5.02 Å². The number of amides is 1. The average molecular weight is 428 g/mol. The van der Waals surface area contributed by atoms with Crippen LogP contribution < -0.4 is 10.2 Å². The van der Waals surface area contributed by atoms with Crippen LogP contribution >= 0.6 is 11.6 Å². The van der Waals surface area contributed by atoms with E-state index < -0.39 is 5.41 Å². The summed E-state index contributed by atoms with van der Waals surface area (Å²) in [6.07, 6.45) is 6.11. The molecular weight excluding hydrogens is 398 g/mol. The number of anilines is 1. The molecule has 0 spiro atoms. The molecule has 2 atom stereocenters. The highest BCUT2D eigenvalue weighted by Gasteiger charge is 2.42. The van der Waals surface area contributed by atoms with Crippen LogP contribution in [0.15, 0.2) is 42.6 Å². The van der Waals surface area contributed by atoms with E-state index in [9.17, 15) is 4.79 Å². The lowest BCUT2D eigenvalue weighted by Gasteiger charge is -2.36. The molecule has 1 saturated carbocycles. The predicted molar refractivity (Wildman–Crippen MR) is 120 cm³/mol. The van der Waals surface area contributed by atoms with Crippen molar-refractivity contribution in [3.8, 4) is 0 Å². The zero-order chi connectivity index (χ0) is 21.1. The molecule has 2 heterocycles. The molecule has 2 aromatic rings. The number of nitrogens with zero attached hydrogens (tertiary/aromatic N) is 2. The number of carbonyl (C=O) groups is 1. The van der Waals surface area contributed by atoms with Gasteiger partial charge in [-0.05, 0) is 56.0 Å². The maximum atomic E-state index is 13.2. The van der Waals surface area contributed by atoms with Crippen LogP contribution in [0, 0.1) is 0 Å². The van der Waals surface area contributed by atoms with Crippen LogP contribution in [0.5, 0.6) is 0 Å². The Morgan fingerprint density at radius 1 is 1.20 bits per heavy atom. The van der Waals surface area contributed by atoms with Gasteiger partial charge in [0.15, 0.2) is 0 Å². The number of morpholine rings is 1. The summed E-state index contributed by atoms with van der Waals surface area (Å²) in [5.41, 5.74) is 1.55. The van der Waals surface area contributed by atoms with Gasteiger partial charge in [0.25, 0.3) is 0 Å². The van der Waals surface area contributed by atoms with E-state index in [2.05, 4.69) is 29.0 Å². The van der Waals surface area contributed by atoms with Gasteiger partial charge < -0.3 is 15.0 Å². The van der Waals surface area contributed by atoms with E-state index in [-0.39, 0.29) is 18.1 Å². The lowest BCUT2D eigenvalue weighted by Crippen LogP contribution is -2.45. The van der Waals surface area contributed by atoms with Gasteiger partial charge in [-0.25, -0.2) is 4.98 Å². The molecule has 5 nitrogen and oxygen atoms in total. The van der Waals surface area contributed by atoms with Crippen LogP contribution in [-0.4, -0.2) is 36.2 Å². The highest BCUT2D eigenvalue weighted by molar-refractivity contribution is 6.30. The van der Waals surface area contributed by atoms with Crippen molar-refractivity contribution in [3.63, 3.8) is 0 Å². The molecule has 30 heavy (non-hydrogen) atoms. The van der Waals surface area contributed by atoms with Gasteiger partial charge in [-0.1, -0.05) is 42.6 Å². The number of pyridine rings is 1. The van der Waals surface area contributed by atoms with E-state index in [1.165, 1.54) is 0 Å². The molecule has 1 aromatic carbocycles. The van der Waals surface area contributed by atoms with Crippen molar-refractivity contribution < 1.29 is 9.53 Å². The number of aromatic nitrogens is 1. The number of halogens is 1. The van der Waals surface area contributed by atoms with Crippen molar-refractivity contribution in [2.75, 3.05) is 18.0 Å². The van der Waals surface area contributed by atoms with Crippen LogP contribution in [0.25, 0.3) is 0 Å². The second kappa shape index (κ2) is 8.94. The SMILES string of the molecule is CC1CN(c2ccc(CNC(=O)C3(c4cccc(Cl)c4)CCCC3)cn2)CC(C)O1. The predicted octanol–water partition coefficient (Wildman–Crippen LogP) is 4.48. The topological polar surface area (TPSA) is 54.5 Å². The third kappa shape index (κ3) is 4.47. The molecule has 1 amide bonds. The van der Waals surface area contributed by atoms with Gasteiger partial charge >= 0.3 is 0 Å². The van der Waals surface area contributed by atoms with Crippen LogP contribution in [0.3, 0.4) is 0 Å². The summed E-state index contributed by atoms with van der Waals surface area (Å²) in [4.78, 5) is 20.1. The Labute approximate surface area is 183 Å². The molecule has 2 fully saturated rings. The van der Waals surface area contributed by atoms with Gasteiger partial charge in [0, 0.05) is 30.9 Å². The number of hydrogen-bond donors (Lipinski definition) is 1. The standard InChI is InChI=1S/C24H30ClN3O2/c1-17-15-28(16-18(2)30-17)22-9-8-19(13-26-22)14-27-23(29)24(10-3-4-11-24)20-6-5-7-21(25)12-20/h5-9,12-13,17-18H,3-4,10-11,14-16H2,1-2H3,(H,27,29). The van der Waals surface area contributed by atoms with Crippen LogP contribution in [0.4, 0.5) is 5.82 Å². The van der Waals surface area contributed by atoms with E-state index in [0.29, 0.717) is 11.6 Å². The highest BCUT2D eigenvalue weighted by atomic mass is 35.5. The van der Waals surface area contributed by atoms with Crippen LogP contribution in [-0.2, 0) is 21.5 Å². The Morgan fingerprint density at radius 3 is 2.57 bits per heavy atom. The van der Waals surface area contributed by atoms with Crippen molar-refractivity contribution in [2.24, 2.45) is 0 Å². The Bertz CT molecular complexity index is 870. The number of carbonyl (C=O) groups excluding carboxylic acids is 1. The second-order valence-electron chi connectivity index (χ2n) is 8.67. The minimum Gasteiger partial charge on any atom is -0.372 e. The maximum absolute atomic E-state index is 13.2. The van der Waals surface area contributed by atoms with E-state index in [4.69, 9.17) is 16.3 Å². The number of rotatable bonds is 5. The van der Waals surface area contributed by atoms with Crippen molar-refractivity contribution in [3.05, 3.63) is 58.7 Å². The number of hydrogen-bond acceptors (Lipinski definition) is 4. The average Bonchev–Trinajstić information content (AvgIpc) is 3.23. The van der Waals surface area contributed by atoms with Crippen molar-refractivity contribution in [1.29, 1.82) is 0 Å².